The highest BCUT2D eigenvalue weighted by molar-refractivity contribution is 6.61. The predicted octanol–water partition coefficient (Wildman–Crippen LogP) is 0.0780. The van der Waals surface area contributed by atoms with Gasteiger partial charge in [-0.05, 0) is 19.8 Å². The first kappa shape index (κ1) is 14.7. The lowest BCUT2D eigenvalue weighted by molar-refractivity contribution is -0.767. The van der Waals surface area contributed by atoms with Crippen LogP contribution >= 0.6 is 0 Å². The van der Waals surface area contributed by atoms with Crippen LogP contribution in [0.15, 0.2) is 0 Å². The molecule has 94 valence electrons. The molecule has 1 atom stereocenters. The van der Waals surface area contributed by atoms with Gasteiger partial charge in [0.1, 0.15) is 6.10 Å². The average Bonchev–Trinajstić information content (AvgIpc) is 2.16. The van der Waals surface area contributed by atoms with Crippen molar-refractivity contribution in [2.75, 3.05) is 0 Å². The van der Waals surface area contributed by atoms with E-state index < -0.39 is 28.7 Å². The highest BCUT2D eigenvalue weighted by Crippen LogP contribution is 2.05. The number of carbonyl (C=O) groups is 2. The van der Waals surface area contributed by atoms with Crippen LogP contribution in [0.4, 0.5) is 0 Å². The smallest absolute Gasteiger partial charge is 0.441 e. The normalized spacial score (nSPS) is 11.1. The predicted molar refractivity (Wildman–Crippen MR) is 52.7 cm³/mol. The third-order valence-corrected chi connectivity index (χ3v) is 1.85. The SMILES string of the molecule is CC(CCCC(=O)C(=[N+]=[N-])C(=O)O)O[N+](=O)[O-]. The van der Waals surface area contributed by atoms with Gasteiger partial charge in [0, 0.05) is 6.42 Å². The van der Waals surface area contributed by atoms with Gasteiger partial charge in [-0.3, -0.25) is 4.79 Å². The van der Waals surface area contributed by atoms with E-state index in [4.69, 9.17) is 10.6 Å². The van der Waals surface area contributed by atoms with E-state index in [0.717, 1.165) is 0 Å². The second-order valence-electron chi connectivity index (χ2n) is 3.21. The molecule has 0 aliphatic carbocycles. The van der Waals surface area contributed by atoms with Gasteiger partial charge >= 0.3 is 11.7 Å². The molecule has 0 fully saturated rings. The largest absolute Gasteiger partial charge is 0.472 e. The van der Waals surface area contributed by atoms with Gasteiger partial charge in [0.05, 0.1) is 0 Å². The molecule has 0 spiro atoms. The number of ketones is 1. The summed E-state index contributed by atoms with van der Waals surface area (Å²) in [7, 11) is 0. The Kier molecular flexibility index (Phi) is 6.12. The van der Waals surface area contributed by atoms with E-state index >= 15 is 0 Å². The Balaban J connectivity index is 4.06. The lowest BCUT2D eigenvalue weighted by Gasteiger charge is -2.06. The van der Waals surface area contributed by atoms with Crippen LogP contribution in [0.5, 0.6) is 0 Å². The lowest BCUT2D eigenvalue weighted by atomic mass is 10.1. The van der Waals surface area contributed by atoms with Gasteiger partial charge in [-0.1, -0.05) is 0 Å². The number of carboxylic acids is 1. The zero-order valence-electron chi connectivity index (χ0n) is 9.03. The maximum Gasteiger partial charge on any atom is 0.441 e. The Morgan fingerprint density at radius 2 is 2.18 bits per heavy atom. The molecule has 0 aromatic heterocycles. The molecule has 0 bridgehead atoms. The van der Waals surface area contributed by atoms with Crippen molar-refractivity contribution < 1.29 is 29.4 Å². The van der Waals surface area contributed by atoms with Crippen molar-refractivity contribution in [2.24, 2.45) is 0 Å². The van der Waals surface area contributed by atoms with Crippen molar-refractivity contribution >= 4 is 17.5 Å². The van der Waals surface area contributed by atoms with Crippen LogP contribution in [0.3, 0.4) is 0 Å². The number of carboxylic acid groups (broad SMARTS) is 1. The summed E-state index contributed by atoms with van der Waals surface area (Å²) in [6.07, 6.45) is -0.459. The van der Waals surface area contributed by atoms with E-state index in [1.54, 1.807) is 0 Å². The molecule has 0 amide bonds. The molecule has 0 rings (SSSR count). The molecule has 17 heavy (non-hydrogen) atoms. The number of rotatable bonds is 8. The van der Waals surface area contributed by atoms with Gasteiger partial charge in [0.2, 0.25) is 0 Å². The summed E-state index contributed by atoms with van der Waals surface area (Å²) in [6.45, 7) is 1.45. The third-order valence-electron chi connectivity index (χ3n) is 1.85. The minimum atomic E-state index is -1.62. The molecule has 0 aromatic carbocycles. The summed E-state index contributed by atoms with van der Waals surface area (Å²) in [5.74, 6) is -2.46. The minimum Gasteiger partial charge on any atom is -0.472 e. The molecule has 1 unspecified atom stereocenters. The Labute approximate surface area is 95.7 Å². The van der Waals surface area contributed by atoms with Crippen LogP contribution in [0.2, 0.25) is 0 Å². The maximum absolute atomic E-state index is 11.2. The zero-order chi connectivity index (χ0) is 13.4. The quantitative estimate of drug-likeness (QED) is 0.160. The molecule has 0 radical (unpaired) electrons. The summed E-state index contributed by atoms with van der Waals surface area (Å²) in [5, 5.41) is 17.4. The van der Waals surface area contributed by atoms with Crippen molar-refractivity contribution in [3.63, 3.8) is 0 Å². The Bertz CT molecular complexity index is 373. The maximum atomic E-state index is 11.2. The number of hydrogen-bond donors (Lipinski definition) is 1. The van der Waals surface area contributed by atoms with Gasteiger partial charge in [-0.15, -0.1) is 10.1 Å². The monoisotopic (exact) mass is 245 g/mol. The molecule has 1 N–H and O–H groups in total. The summed E-state index contributed by atoms with van der Waals surface area (Å²) >= 11 is 0. The Morgan fingerprint density at radius 1 is 1.59 bits per heavy atom. The van der Waals surface area contributed by atoms with Crippen molar-refractivity contribution in [1.82, 2.24) is 0 Å². The second kappa shape index (κ2) is 7.07. The summed E-state index contributed by atoms with van der Waals surface area (Å²) in [4.78, 5) is 38.0. The van der Waals surface area contributed by atoms with Crippen molar-refractivity contribution in [1.29, 1.82) is 0 Å². The summed E-state index contributed by atoms with van der Waals surface area (Å²) in [5.41, 5.74) is 7.32. The first-order chi connectivity index (χ1) is 7.88. The lowest BCUT2D eigenvalue weighted by Crippen LogP contribution is -2.25. The van der Waals surface area contributed by atoms with Gasteiger partial charge in [0.15, 0.2) is 0 Å². The molecule has 9 nitrogen and oxygen atoms in total. The standard InChI is InChI=1S/C8H11N3O6/c1-5(17-11(15)16)3-2-4-6(12)7(10-9)8(13)14/h5H,2-4H2,1H3,(H,13,14). The number of hydrogen-bond acceptors (Lipinski definition) is 5. The van der Waals surface area contributed by atoms with E-state index in [-0.39, 0.29) is 19.3 Å². The fourth-order valence-corrected chi connectivity index (χ4v) is 1.09. The van der Waals surface area contributed by atoms with Crippen LogP contribution in [-0.4, -0.2) is 38.6 Å². The number of aliphatic carboxylic acids is 1. The van der Waals surface area contributed by atoms with E-state index in [0.29, 0.717) is 0 Å². The number of carbonyl (C=O) groups excluding carboxylic acids is 1. The topological polar surface area (TPSA) is 143 Å². The molecular weight excluding hydrogens is 234 g/mol. The summed E-state index contributed by atoms with van der Waals surface area (Å²) < 4.78 is 0. The highest BCUT2D eigenvalue weighted by Gasteiger charge is 2.28. The molecule has 0 saturated heterocycles. The van der Waals surface area contributed by atoms with Gasteiger partial charge in [-0.2, -0.15) is 4.79 Å². The van der Waals surface area contributed by atoms with Gasteiger partial charge in [-0.25, -0.2) is 4.79 Å². The van der Waals surface area contributed by atoms with Crippen LogP contribution in [0, 0.1) is 10.1 Å². The van der Waals surface area contributed by atoms with Gasteiger partial charge < -0.3 is 15.5 Å². The van der Waals surface area contributed by atoms with Crippen molar-refractivity contribution in [3.05, 3.63) is 15.6 Å². The average molecular weight is 245 g/mol. The van der Waals surface area contributed by atoms with Gasteiger partial charge in [0.25, 0.3) is 10.9 Å². The Hall–Kier alpha value is -2.28. The van der Waals surface area contributed by atoms with Crippen LogP contribution in [0.25, 0.3) is 5.53 Å². The third kappa shape index (κ3) is 6.00. The van der Waals surface area contributed by atoms with Crippen molar-refractivity contribution in [2.45, 2.75) is 32.3 Å². The fourth-order valence-electron chi connectivity index (χ4n) is 1.09. The van der Waals surface area contributed by atoms with E-state index in [2.05, 4.69) is 9.63 Å². The van der Waals surface area contributed by atoms with Crippen LogP contribution in [0.1, 0.15) is 26.2 Å². The van der Waals surface area contributed by atoms with Crippen LogP contribution < -0.4 is 0 Å². The first-order valence-electron chi connectivity index (χ1n) is 4.68. The highest BCUT2D eigenvalue weighted by atomic mass is 17.0. The second-order valence-corrected chi connectivity index (χ2v) is 3.21. The molecule has 0 saturated carbocycles. The molecule has 0 aliphatic heterocycles. The van der Waals surface area contributed by atoms with E-state index in [1.807, 2.05) is 0 Å². The fraction of sp³-hybridized carbons (Fsp3) is 0.625. The van der Waals surface area contributed by atoms with E-state index in [9.17, 15) is 19.7 Å². The minimum absolute atomic E-state index is 0.183. The van der Waals surface area contributed by atoms with Crippen LogP contribution in [-0.2, 0) is 14.4 Å². The first-order valence-corrected chi connectivity index (χ1v) is 4.68. The summed E-state index contributed by atoms with van der Waals surface area (Å²) in [6, 6.07) is 0. The number of nitrogens with zero attached hydrogens (tertiary/aromatic N) is 3. The van der Waals surface area contributed by atoms with Crippen molar-refractivity contribution in [3.8, 4) is 0 Å². The number of Topliss-reactive ketones (excluding diaryl/α,β-unsaturated/α-hetero) is 1. The molecule has 9 heteroatoms. The molecule has 0 aromatic rings. The molecular formula is C8H11N3O6. The molecule has 0 aliphatic rings. The van der Waals surface area contributed by atoms with E-state index in [1.165, 1.54) is 6.92 Å². The molecule has 0 heterocycles. The Morgan fingerprint density at radius 3 is 2.59 bits per heavy atom. The zero-order valence-corrected chi connectivity index (χ0v) is 9.03.